The summed E-state index contributed by atoms with van der Waals surface area (Å²) in [5.41, 5.74) is 7.29. The summed E-state index contributed by atoms with van der Waals surface area (Å²) in [5, 5.41) is 2.88. The molecule has 1 aromatic rings. The van der Waals surface area contributed by atoms with Crippen molar-refractivity contribution in [3.05, 3.63) is 23.8 Å². The van der Waals surface area contributed by atoms with Crippen LogP contribution in [0, 0.1) is 12.8 Å². The van der Waals surface area contributed by atoms with Gasteiger partial charge in [-0.05, 0) is 31.4 Å². The van der Waals surface area contributed by atoms with Crippen molar-refractivity contribution in [2.75, 3.05) is 12.3 Å². The summed E-state index contributed by atoms with van der Waals surface area (Å²) >= 11 is 0. The number of hydrogen-bond acceptors (Lipinski definition) is 3. The van der Waals surface area contributed by atoms with Crippen molar-refractivity contribution in [3.8, 4) is 5.75 Å². The molecule has 1 unspecified atom stereocenters. The Labute approximate surface area is 109 Å². The van der Waals surface area contributed by atoms with Gasteiger partial charge in [0.05, 0.1) is 5.69 Å². The Bertz CT molecular complexity index is 396. The summed E-state index contributed by atoms with van der Waals surface area (Å²) in [6.45, 7) is 7.99. The van der Waals surface area contributed by atoms with Gasteiger partial charge < -0.3 is 15.8 Å². The smallest absolute Gasteiger partial charge is 0.258 e. The molecule has 0 aromatic heterocycles. The molecule has 0 saturated carbocycles. The predicted octanol–water partition coefficient (Wildman–Crippen LogP) is 2.12. The van der Waals surface area contributed by atoms with Crippen LogP contribution in [0.3, 0.4) is 0 Å². The zero-order chi connectivity index (χ0) is 13.7. The fourth-order valence-corrected chi connectivity index (χ4v) is 1.47. The molecule has 1 amide bonds. The lowest BCUT2D eigenvalue weighted by molar-refractivity contribution is -0.123. The molecule has 0 radical (unpaired) electrons. The number of para-hydroxylation sites is 1. The van der Waals surface area contributed by atoms with Gasteiger partial charge in [-0.1, -0.05) is 26.0 Å². The first-order valence-electron chi connectivity index (χ1n) is 6.19. The Balaban J connectivity index is 2.53. The molecule has 0 aliphatic rings. The minimum atomic E-state index is -0.126. The molecule has 0 spiro atoms. The lowest BCUT2D eigenvalue weighted by Crippen LogP contribution is -2.39. The third kappa shape index (κ3) is 3.95. The number of hydrogen-bond donors (Lipinski definition) is 2. The second kappa shape index (κ2) is 6.28. The Kier molecular flexibility index (Phi) is 5.01. The molecule has 0 heterocycles. The van der Waals surface area contributed by atoms with Crippen LogP contribution in [0.1, 0.15) is 26.3 Å². The van der Waals surface area contributed by atoms with Crippen molar-refractivity contribution in [2.24, 2.45) is 5.92 Å². The topological polar surface area (TPSA) is 64.3 Å². The number of aryl methyl sites for hydroxylation is 1. The fraction of sp³-hybridized carbons (Fsp3) is 0.500. The van der Waals surface area contributed by atoms with Crippen molar-refractivity contribution in [1.82, 2.24) is 5.32 Å². The molecular formula is C14H22N2O2. The lowest BCUT2D eigenvalue weighted by atomic mass is 10.1. The van der Waals surface area contributed by atoms with Crippen molar-refractivity contribution < 1.29 is 9.53 Å². The van der Waals surface area contributed by atoms with E-state index in [2.05, 4.69) is 19.2 Å². The average Bonchev–Trinajstić information content (AvgIpc) is 2.28. The highest BCUT2D eigenvalue weighted by Crippen LogP contribution is 2.25. The van der Waals surface area contributed by atoms with Crippen molar-refractivity contribution in [2.45, 2.75) is 33.7 Å². The first-order chi connectivity index (χ1) is 8.41. The summed E-state index contributed by atoms with van der Waals surface area (Å²) in [7, 11) is 0. The standard InChI is InChI=1S/C14H22N2O2/c1-9(2)11(4)16-13(17)8-18-14-10(3)6-5-7-12(14)15/h5-7,9,11H,8,15H2,1-4H3,(H,16,17). The van der Waals surface area contributed by atoms with Gasteiger partial charge in [-0.25, -0.2) is 0 Å². The van der Waals surface area contributed by atoms with Gasteiger partial charge in [0.2, 0.25) is 0 Å². The number of nitrogens with two attached hydrogens (primary N) is 1. The van der Waals surface area contributed by atoms with Gasteiger partial charge >= 0.3 is 0 Å². The molecule has 18 heavy (non-hydrogen) atoms. The minimum Gasteiger partial charge on any atom is -0.481 e. The lowest BCUT2D eigenvalue weighted by Gasteiger charge is -2.18. The summed E-state index contributed by atoms with van der Waals surface area (Å²) in [4.78, 5) is 11.7. The van der Waals surface area contributed by atoms with E-state index in [4.69, 9.17) is 10.5 Å². The quantitative estimate of drug-likeness (QED) is 0.787. The molecule has 1 atom stereocenters. The molecule has 0 saturated heterocycles. The second-order valence-corrected chi connectivity index (χ2v) is 4.88. The van der Waals surface area contributed by atoms with Crippen molar-refractivity contribution >= 4 is 11.6 Å². The molecular weight excluding hydrogens is 228 g/mol. The largest absolute Gasteiger partial charge is 0.481 e. The number of anilines is 1. The van der Waals surface area contributed by atoms with E-state index in [1.165, 1.54) is 0 Å². The molecule has 1 rings (SSSR count). The van der Waals surface area contributed by atoms with E-state index in [1.54, 1.807) is 6.07 Å². The number of nitrogen functional groups attached to an aromatic ring is 1. The van der Waals surface area contributed by atoms with Crippen LogP contribution >= 0.6 is 0 Å². The first-order valence-corrected chi connectivity index (χ1v) is 6.19. The Morgan fingerprint density at radius 2 is 2.06 bits per heavy atom. The van der Waals surface area contributed by atoms with E-state index in [0.29, 0.717) is 17.4 Å². The molecule has 4 nitrogen and oxygen atoms in total. The molecule has 0 aliphatic carbocycles. The van der Waals surface area contributed by atoms with Gasteiger partial charge in [0.15, 0.2) is 6.61 Å². The van der Waals surface area contributed by atoms with E-state index in [1.807, 2.05) is 26.0 Å². The van der Waals surface area contributed by atoms with E-state index < -0.39 is 0 Å². The Hall–Kier alpha value is -1.71. The molecule has 1 aromatic carbocycles. The maximum absolute atomic E-state index is 11.7. The highest BCUT2D eigenvalue weighted by molar-refractivity contribution is 5.78. The minimum absolute atomic E-state index is 0.00782. The predicted molar refractivity (Wildman–Crippen MR) is 73.5 cm³/mol. The number of rotatable bonds is 5. The zero-order valence-electron chi connectivity index (χ0n) is 11.5. The summed E-state index contributed by atoms with van der Waals surface area (Å²) in [6.07, 6.45) is 0. The molecule has 0 aliphatic heterocycles. The number of carbonyl (C=O) groups is 1. The van der Waals surface area contributed by atoms with E-state index in [0.717, 1.165) is 5.56 Å². The van der Waals surface area contributed by atoms with Gasteiger partial charge in [0.1, 0.15) is 5.75 Å². The maximum Gasteiger partial charge on any atom is 0.258 e. The normalized spacial score (nSPS) is 12.3. The van der Waals surface area contributed by atoms with E-state index in [-0.39, 0.29) is 18.6 Å². The third-order valence-corrected chi connectivity index (χ3v) is 2.98. The van der Waals surface area contributed by atoms with Gasteiger partial charge in [-0.15, -0.1) is 0 Å². The maximum atomic E-state index is 11.7. The molecule has 0 fully saturated rings. The van der Waals surface area contributed by atoms with Crippen LogP contribution in [-0.2, 0) is 4.79 Å². The summed E-state index contributed by atoms with van der Waals surface area (Å²) in [5.74, 6) is 0.862. The third-order valence-electron chi connectivity index (χ3n) is 2.98. The number of amides is 1. The van der Waals surface area contributed by atoms with Crippen LogP contribution in [0.5, 0.6) is 5.75 Å². The number of benzene rings is 1. The van der Waals surface area contributed by atoms with Crippen LogP contribution in [0.25, 0.3) is 0 Å². The molecule has 3 N–H and O–H groups in total. The number of nitrogens with one attached hydrogen (secondary N) is 1. The monoisotopic (exact) mass is 250 g/mol. The van der Waals surface area contributed by atoms with Crippen LogP contribution < -0.4 is 15.8 Å². The summed E-state index contributed by atoms with van der Waals surface area (Å²) in [6, 6.07) is 5.66. The van der Waals surface area contributed by atoms with Gasteiger partial charge in [0, 0.05) is 6.04 Å². The molecule has 4 heteroatoms. The number of ether oxygens (including phenoxy) is 1. The Morgan fingerprint density at radius 3 is 2.61 bits per heavy atom. The van der Waals surface area contributed by atoms with Gasteiger partial charge in [0.25, 0.3) is 5.91 Å². The highest BCUT2D eigenvalue weighted by Gasteiger charge is 2.12. The van der Waals surface area contributed by atoms with Gasteiger partial charge in [-0.2, -0.15) is 0 Å². The van der Waals surface area contributed by atoms with E-state index in [9.17, 15) is 4.79 Å². The fourth-order valence-electron chi connectivity index (χ4n) is 1.47. The van der Waals surface area contributed by atoms with Crippen LogP contribution in [0.2, 0.25) is 0 Å². The highest BCUT2D eigenvalue weighted by atomic mass is 16.5. The Morgan fingerprint density at radius 1 is 1.39 bits per heavy atom. The van der Waals surface area contributed by atoms with Crippen molar-refractivity contribution in [1.29, 1.82) is 0 Å². The number of carbonyl (C=O) groups excluding carboxylic acids is 1. The first kappa shape index (κ1) is 14.4. The molecule has 0 bridgehead atoms. The van der Waals surface area contributed by atoms with Crippen molar-refractivity contribution in [3.63, 3.8) is 0 Å². The second-order valence-electron chi connectivity index (χ2n) is 4.88. The van der Waals surface area contributed by atoms with Crippen LogP contribution in [0.4, 0.5) is 5.69 Å². The van der Waals surface area contributed by atoms with Crippen LogP contribution in [-0.4, -0.2) is 18.6 Å². The van der Waals surface area contributed by atoms with Gasteiger partial charge in [-0.3, -0.25) is 4.79 Å². The van der Waals surface area contributed by atoms with Crippen LogP contribution in [0.15, 0.2) is 18.2 Å². The zero-order valence-corrected chi connectivity index (χ0v) is 11.5. The summed E-state index contributed by atoms with van der Waals surface area (Å²) < 4.78 is 5.47. The van der Waals surface area contributed by atoms with E-state index >= 15 is 0 Å². The molecule has 100 valence electrons. The SMILES string of the molecule is Cc1cccc(N)c1OCC(=O)NC(C)C(C)C. The average molecular weight is 250 g/mol.